The number of nitrogens with zero attached hydrogens (tertiary/aromatic N) is 3. The van der Waals surface area contributed by atoms with Crippen molar-refractivity contribution >= 4 is 0 Å². The first kappa shape index (κ1) is 11.5. The molecule has 0 radical (unpaired) electrons. The van der Waals surface area contributed by atoms with Crippen LogP contribution in [0.5, 0.6) is 0 Å². The van der Waals surface area contributed by atoms with E-state index >= 15 is 0 Å². The Balaban J connectivity index is 1.87. The molecule has 1 N–H and O–H groups in total. The second kappa shape index (κ2) is 4.93. The smallest absolute Gasteiger partial charge is 0.229 e. The van der Waals surface area contributed by atoms with Crippen LogP contribution in [0, 0.1) is 5.92 Å². The minimum Gasteiger partial charge on any atom is -0.393 e. The van der Waals surface area contributed by atoms with Crippen LogP contribution in [0.3, 0.4) is 0 Å². The summed E-state index contributed by atoms with van der Waals surface area (Å²) in [5.41, 5.74) is 0. The summed E-state index contributed by atoms with van der Waals surface area (Å²) in [6.45, 7) is 3.99. The van der Waals surface area contributed by atoms with Gasteiger partial charge in [0.05, 0.1) is 12.5 Å². The number of likely N-dealkylation sites (tertiary alicyclic amines) is 1. The van der Waals surface area contributed by atoms with E-state index in [0.29, 0.717) is 18.2 Å². The molecular weight excluding hydrogens is 206 g/mol. The van der Waals surface area contributed by atoms with Crippen molar-refractivity contribution in [1.29, 1.82) is 0 Å². The van der Waals surface area contributed by atoms with Gasteiger partial charge in [0.15, 0.2) is 5.82 Å². The van der Waals surface area contributed by atoms with Gasteiger partial charge < -0.3 is 14.5 Å². The van der Waals surface area contributed by atoms with Crippen LogP contribution in [0.1, 0.15) is 25.1 Å². The molecule has 1 fully saturated rings. The lowest BCUT2D eigenvalue weighted by Crippen LogP contribution is -2.15. The minimum absolute atomic E-state index is 0.425. The van der Waals surface area contributed by atoms with Crippen molar-refractivity contribution in [3.05, 3.63) is 11.7 Å². The molecule has 0 bridgehead atoms. The third-order valence-electron chi connectivity index (χ3n) is 2.94. The normalized spacial score (nSPS) is 23.8. The molecule has 90 valence electrons. The summed E-state index contributed by atoms with van der Waals surface area (Å²) >= 11 is 0. The molecule has 5 nitrogen and oxygen atoms in total. The Labute approximate surface area is 95.4 Å². The van der Waals surface area contributed by atoms with Gasteiger partial charge in [-0.1, -0.05) is 5.16 Å². The third-order valence-corrected chi connectivity index (χ3v) is 2.94. The summed E-state index contributed by atoms with van der Waals surface area (Å²) in [7, 11) is 2.13. The lowest BCUT2D eigenvalue weighted by molar-refractivity contribution is 0.181. The molecule has 1 aliphatic rings. The molecule has 2 atom stereocenters. The van der Waals surface area contributed by atoms with Gasteiger partial charge in [0, 0.05) is 13.0 Å². The number of aliphatic hydroxyl groups is 1. The highest BCUT2D eigenvalue weighted by molar-refractivity contribution is 4.91. The Hall–Kier alpha value is -0.940. The predicted octanol–water partition coefficient (Wildman–Crippen LogP) is 0.487. The molecule has 0 aromatic carbocycles. The molecule has 5 heteroatoms. The maximum absolute atomic E-state index is 9.20. The average molecular weight is 225 g/mol. The van der Waals surface area contributed by atoms with Crippen LogP contribution in [0.25, 0.3) is 0 Å². The van der Waals surface area contributed by atoms with Gasteiger partial charge in [-0.15, -0.1) is 0 Å². The highest BCUT2D eigenvalue weighted by Crippen LogP contribution is 2.18. The van der Waals surface area contributed by atoms with Crippen molar-refractivity contribution in [2.24, 2.45) is 5.92 Å². The lowest BCUT2D eigenvalue weighted by Gasteiger charge is -2.06. The van der Waals surface area contributed by atoms with E-state index < -0.39 is 6.10 Å². The summed E-state index contributed by atoms with van der Waals surface area (Å²) in [5, 5.41) is 13.1. The van der Waals surface area contributed by atoms with Gasteiger partial charge in [0.25, 0.3) is 0 Å². The highest BCUT2D eigenvalue weighted by Gasteiger charge is 2.21. The fourth-order valence-corrected chi connectivity index (χ4v) is 2.16. The number of aromatic nitrogens is 2. The molecule has 1 saturated heterocycles. The van der Waals surface area contributed by atoms with Gasteiger partial charge in [-0.2, -0.15) is 4.98 Å². The number of hydrogen-bond donors (Lipinski definition) is 1. The quantitative estimate of drug-likeness (QED) is 0.808. The molecule has 2 rings (SSSR count). The molecule has 2 unspecified atom stereocenters. The molecule has 16 heavy (non-hydrogen) atoms. The fraction of sp³-hybridized carbons (Fsp3) is 0.818. The van der Waals surface area contributed by atoms with Crippen LogP contribution in [0.4, 0.5) is 0 Å². The topological polar surface area (TPSA) is 62.4 Å². The first-order valence-corrected chi connectivity index (χ1v) is 5.81. The molecule has 0 aliphatic carbocycles. The van der Waals surface area contributed by atoms with E-state index in [1.165, 1.54) is 6.42 Å². The lowest BCUT2D eigenvalue weighted by atomic mass is 10.1. The Bertz CT molecular complexity index is 338. The van der Waals surface area contributed by atoms with E-state index in [-0.39, 0.29) is 0 Å². The van der Waals surface area contributed by atoms with Crippen LogP contribution < -0.4 is 0 Å². The van der Waals surface area contributed by atoms with Crippen molar-refractivity contribution in [2.75, 3.05) is 20.1 Å². The van der Waals surface area contributed by atoms with Crippen LogP contribution in [0.15, 0.2) is 4.52 Å². The molecule has 1 aliphatic heterocycles. The number of hydrogen-bond acceptors (Lipinski definition) is 5. The van der Waals surface area contributed by atoms with E-state index in [2.05, 4.69) is 22.1 Å². The molecule has 2 heterocycles. The molecule has 0 saturated carbocycles. The largest absolute Gasteiger partial charge is 0.393 e. The van der Waals surface area contributed by atoms with Crippen LogP contribution in [0.2, 0.25) is 0 Å². The first-order valence-electron chi connectivity index (χ1n) is 5.81. The van der Waals surface area contributed by atoms with Crippen molar-refractivity contribution in [3.63, 3.8) is 0 Å². The maximum Gasteiger partial charge on any atom is 0.229 e. The van der Waals surface area contributed by atoms with E-state index in [4.69, 9.17) is 4.52 Å². The standard InChI is InChI=1S/C11H19N3O2/c1-8(15)5-11-12-10(13-16-11)6-9-3-4-14(2)7-9/h8-9,15H,3-7H2,1-2H3. The molecular formula is C11H19N3O2. The van der Waals surface area contributed by atoms with Crippen molar-refractivity contribution in [3.8, 4) is 0 Å². The van der Waals surface area contributed by atoms with E-state index in [1.54, 1.807) is 6.92 Å². The van der Waals surface area contributed by atoms with Crippen LogP contribution in [-0.2, 0) is 12.8 Å². The second-order valence-corrected chi connectivity index (χ2v) is 4.78. The fourth-order valence-electron chi connectivity index (χ4n) is 2.16. The molecule has 0 spiro atoms. The summed E-state index contributed by atoms with van der Waals surface area (Å²) in [6, 6.07) is 0. The zero-order chi connectivity index (χ0) is 11.5. The van der Waals surface area contributed by atoms with Gasteiger partial charge in [-0.3, -0.25) is 0 Å². The van der Waals surface area contributed by atoms with Gasteiger partial charge >= 0.3 is 0 Å². The molecule has 1 aromatic rings. The van der Waals surface area contributed by atoms with Crippen LogP contribution in [-0.4, -0.2) is 46.4 Å². The monoisotopic (exact) mass is 225 g/mol. The molecule has 0 amide bonds. The predicted molar refractivity (Wildman–Crippen MR) is 59.0 cm³/mol. The van der Waals surface area contributed by atoms with Crippen LogP contribution >= 0.6 is 0 Å². The van der Waals surface area contributed by atoms with Gasteiger partial charge in [-0.05, 0) is 32.9 Å². The van der Waals surface area contributed by atoms with E-state index in [1.807, 2.05) is 0 Å². The Kier molecular flexibility index (Phi) is 3.56. The number of aliphatic hydroxyl groups excluding tert-OH is 1. The highest BCUT2D eigenvalue weighted by atomic mass is 16.5. The summed E-state index contributed by atoms with van der Waals surface area (Å²) in [4.78, 5) is 6.60. The zero-order valence-corrected chi connectivity index (χ0v) is 9.89. The Morgan fingerprint density at radius 1 is 1.62 bits per heavy atom. The zero-order valence-electron chi connectivity index (χ0n) is 9.89. The van der Waals surface area contributed by atoms with Crippen molar-refractivity contribution < 1.29 is 9.63 Å². The molecule has 1 aromatic heterocycles. The van der Waals surface area contributed by atoms with E-state index in [0.717, 1.165) is 25.3 Å². The minimum atomic E-state index is -0.425. The Morgan fingerprint density at radius 2 is 2.44 bits per heavy atom. The van der Waals surface area contributed by atoms with E-state index in [9.17, 15) is 5.11 Å². The number of rotatable bonds is 4. The second-order valence-electron chi connectivity index (χ2n) is 4.78. The summed E-state index contributed by atoms with van der Waals surface area (Å²) in [5.74, 6) is 1.95. The third kappa shape index (κ3) is 3.02. The van der Waals surface area contributed by atoms with Gasteiger partial charge in [-0.25, -0.2) is 0 Å². The maximum atomic E-state index is 9.20. The van der Waals surface area contributed by atoms with Gasteiger partial charge in [0.1, 0.15) is 0 Å². The first-order chi connectivity index (χ1) is 7.63. The summed E-state index contributed by atoms with van der Waals surface area (Å²) in [6.07, 6.45) is 2.10. The van der Waals surface area contributed by atoms with Gasteiger partial charge in [0.2, 0.25) is 5.89 Å². The Morgan fingerprint density at radius 3 is 3.06 bits per heavy atom. The average Bonchev–Trinajstić information content (AvgIpc) is 2.76. The van der Waals surface area contributed by atoms with Crippen molar-refractivity contribution in [2.45, 2.75) is 32.3 Å². The van der Waals surface area contributed by atoms with Crippen molar-refractivity contribution in [1.82, 2.24) is 15.0 Å². The SMILES string of the molecule is CC(O)Cc1nc(CC2CCN(C)C2)no1. The summed E-state index contributed by atoms with van der Waals surface area (Å²) < 4.78 is 5.08.